The normalized spacial score (nSPS) is 10.6. The monoisotopic (exact) mass is 193 g/mol. The maximum Gasteiger partial charge on any atom is 0.0834 e. The van der Waals surface area contributed by atoms with E-state index >= 15 is 0 Å². The summed E-state index contributed by atoms with van der Waals surface area (Å²) in [4.78, 5) is 4.48. The van der Waals surface area contributed by atoms with Crippen molar-refractivity contribution >= 4 is 27.2 Å². The van der Waals surface area contributed by atoms with Crippen LogP contribution in [0, 0.1) is 0 Å². The smallest absolute Gasteiger partial charge is 0.0834 e. The van der Waals surface area contributed by atoms with Crippen LogP contribution in [0.4, 0.5) is 5.69 Å². The van der Waals surface area contributed by atoms with E-state index in [2.05, 4.69) is 17.3 Å². The Balaban J connectivity index is 2.70. The fourth-order valence-electron chi connectivity index (χ4n) is 1.30. The van der Waals surface area contributed by atoms with Crippen LogP contribution < -0.4 is 11.3 Å². The minimum absolute atomic E-state index is 0.931. The predicted octanol–water partition coefficient (Wildman–Crippen LogP) is 2.14. The van der Waals surface area contributed by atoms with Crippen molar-refractivity contribution in [2.75, 3.05) is 5.43 Å². The van der Waals surface area contributed by atoms with Crippen molar-refractivity contribution in [1.29, 1.82) is 0 Å². The highest BCUT2D eigenvalue weighted by Crippen LogP contribution is 2.27. The lowest BCUT2D eigenvalue weighted by molar-refractivity contribution is 1.06. The molecule has 2 rings (SSSR count). The largest absolute Gasteiger partial charge is 0.323 e. The molecule has 2 aromatic heterocycles. The van der Waals surface area contributed by atoms with Crippen molar-refractivity contribution in [3.05, 3.63) is 23.2 Å². The zero-order valence-corrected chi connectivity index (χ0v) is 8.19. The zero-order chi connectivity index (χ0) is 9.26. The average molecular weight is 193 g/mol. The summed E-state index contributed by atoms with van der Waals surface area (Å²) in [5.41, 5.74) is 5.76. The van der Waals surface area contributed by atoms with Gasteiger partial charge in [-0.3, -0.25) is 10.8 Å². The molecule has 0 aliphatic rings. The van der Waals surface area contributed by atoms with Crippen LogP contribution in [0.15, 0.2) is 17.5 Å². The third kappa shape index (κ3) is 1.38. The van der Waals surface area contributed by atoms with Crippen molar-refractivity contribution < 1.29 is 0 Å². The first kappa shape index (κ1) is 8.47. The van der Waals surface area contributed by atoms with Crippen molar-refractivity contribution in [2.24, 2.45) is 5.84 Å². The molecule has 0 bridgehead atoms. The van der Waals surface area contributed by atoms with Gasteiger partial charge in [-0.15, -0.1) is 11.3 Å². The highest BCUT2D eigenvalue weighted by molar-refractivity contribution is 7.17. The van der Waals surface area contributed by atoms with Crippen LogP contribution in [0.3, 0.4) is 0 Å². The molecule has 0 unspecified atom stereocenters. The molecule has 0 radical (unpaired) electrons. The summed E-state index contributed by atoms with van der Waals surface area (Å²) in [5, 5.41) is 2.03. The first-order chi connectivity index (χ1) is 6.35. The highest BCUT2D eigenvalue weighted by atomic mass is 32.1. The highest BCUT2D eigenvalue weighted by Gasteiger charge is 2.04. The molecule has 0 saturated heterocycles. The van der Waals surface area contributed by atoms with Gasteiger partial charge in [0.25, 0.3) is 0 Å². The number of nitrogens with one attached hydrogen (secondary N) is 1. The van der Waals surface area contributed by atoms with Crippen LogP contribution in [0.2, 0.25) is 0 Å². The second-order valence-electron chi connectivity index (χ2n) is 2.79. The molecule has 68 valence electrons. The Bertz CT molecular complexity index is 422. The number of nitrogens with zero attached hydrogens (tertiary/aromatic N) is 1. The maximum absolute atomic E-state index is 5.43. The number of nitrogen functional groups attached to an aromatic ring is 1. The second-order valence-corrected chi connectivity index (χ2v) is 3.71. The molecule has 0 aromatic carbocycles. The molecular formula is C9H11N3S. The molecule has 3 nitrogen and oxygen atoms in total. The molecule has 4 heteroatoms. The van der Waals surface area contributed by atoms with Gasteiger partial charge < -0.3 is 5.43 Å². The van der Waals surface area contributed by atoms with E-state index in [0.29, 0.717) is 0 Å². The van der Waals surface area contributed by atoms with E-state index in [1.165, 1.54) is 0 Å². The number of anilines is 1. The number of thiophene rings is 1. The van der Waals surface area contributed by atoms with E-state index in [9.17, 15) is 0 Å². The van der Waals surface area contributed by atoms with Gasteiger partial charge in [-0.05, 0) is 23.9 Å². The van der Waals surface area contributed by atoms with Gasteiger partial charge in [-0.2, -0.15) is 0 Å². The summed E-state index contributed by atoms with van der Waals surface area (Å²) in [6.45, 7) is 2.08. The Morgan fingerprint density at radius 1 is 1.62 bits per heavy atom. The number of fused-ring (bicyclic) bond motifs is 1. The third-order valence-corrected chi connectivity index (χ3v) is 2.92. The second kappa shape index (κ2) is 3.32. The summed E-state index contributed by atoms with van der Waals surface area (Å²) >= 11 is 1.65. The van der Waals surface area contributed by atoms with Crippen LogP contribution in [0.5, 0.6) is 0 Å². The van der Waals surface area contributed by atoms with Gasteiger partial charge in [0, 0.05) is 5.69 Å². The zero-order valence-electron chi connectivity index (χ0n) is 7.37. The first-order valence-corrected chi connectivity index (χ1v) is 5.07. The SMILES string of the molecule is CCc1cc(NN)c2sccc2n1. The molecule has 0 spiro atoms. The Morgan fingerprint density at radius 3 is 3.15 bits per heavy atom. The molecule has 0 amide bonds. The molecule has 0 aliphatic carbocycles. The molecule has 3 N–H and O–H groups in total. The third-order valence-electron chi connectivity index (χ3n) is 1.98. The molecule has 0 aliphatic heterocycles. The lowest BCUT2D eigenvalue weighted by Crippen LogP contribution is -2.07. The lowest BCUT2D eigenvalue weighted by Gasteiger charge is -2.03. The van der Waals surface area contributed by atoms with Crippen LogP contribution in [-0.2, 0) is 6.42 Å². The van der Waals surface area contributed by atoms with Gasteiger partial charge in [-0.1, -0.05) is 6.92 Å². The van der Waals surface area contributed by atoms with E-state index in [4.69, 9.17) is 5.84 Å². The molecule has 0 saturated carbocycles. The molecule has 2 aromatic rings. The number of pyridine rings is 1. The van der Waals surface area contributed by atoms with Crippen molar-refractivity contribution in [2.45, 2.75) is 13.3 Å². The average Bonchev–Trinajstić information content (AvgIpc) is 2.63. The van der Waals surface area contributed by atoms with Gasteiger partial charge in [0.1, 0.15) is 0 Å². The number of hydrazine groups is 1. The molecular weight excluding hydrogens is 182 g/mol. The Kier molecular flexibility index (Phi) is 2.16. The van der Waals surface area contributed by atoms with Crippen molar-refractivity contribution in [3.8, 4) is 0 Å². The Hall–Kier alpha value is -1.13. The summed E-state index contributed by atoms with van der Waals surface area (Å²) < 4.78 is 1.12. The summed E-state index contributed by atoms with van der Waals surface area (Å²) in [7, 11) is 0. The van der Waals surface area contributed by atoms with Crippen LogP contribution in [0.1, 0.15) is 12.6 Å². The van der Waals surface area contributed by atoms with E-state index < -0.39 is 0 Å². The molecule has 2 heterocycles. The number of aryl methyl sites for hydroxylation is 1. The first-order valence-electron chi connectivity index (χ1n) is 4.19. The minimum atomic E-state index is 0.931. The molecule has 13 heavy (non-hydrogen) atoms. The maximum atomic E-state index is 5.43. The van der Waals surface area contributed by atoms with Crippen LogP contribution in [-0.4, -0.2) is 4.98 Å². The van der Waals surface area contributed by atoms with E-state index in [1.807, 2.05) is 17.5 Å². The Morgan fingerprint density at radius 2 is 2.46 bits per heavy atom. The molecule has 0 atom stereocenters. The predicted molar refractivity (Wildman–Crippen MR) is 56.8 cm³/mol. The summed E-state index contributed by atoms with van der Waals surface area (Å²) in [6.07, 6.45) is 0.931. The number of nitrogens with two attached hydrogens (primary N) is 1. The van der Waals surface area contributed by atoms with E-state index in [0.717, 1.165) is 28.0 Å². The van der Waals surface area contributed by atoms with Crippen molar-refractivity contribution in [1.82, 2.24) is 4.98 Å². The lowest BCUT2D eigenvalue weighted by atomic mass is 10.2. The molecule has 0 fully saturated rings. The number of hydrogen-bond donors (Lipinski definition) is 2. The standard InChI is InChI=1S/C9H11N3S/c1-2-6-5-8(12-10)9-7(11-6)3-4-13-9/h3-5H,2,10H2,1H3,(H,11,12). The van der Waals surface area contributed by atoms with Gasteiger partial charge in [0.15, 0.2) is 0 Å². The van der Waals surface area contributed by atoms with Gasteiger partial charge >= 0.3 is 0 Å². The van der Waals surface area contributed by atoms with E-state index in [-0.39, 0.29) is 0 Å². The van der Waals surface area contributed by atoms with Crippen LogP contribution in [0.25, 0.3) is 10.2 Å². The Labute approximate surface area is 80.6 Å². The number of aromatic nitrogens is 1. The number of rotatable bonds is 2. The number of hydrogen-bond acceptors (Lipinski definition) is 4. The van der Waals surface area contributed by atoms with Crippen molar-refractivity contribution in [3.63, 3.8) is 0 Å². The van der Waals surface area contributed by atoms with Gasteiger partial charge in [0.05, 0.1) is 15.9 Å². The van der Waals surface area contributed by atoms with E-state index in [1.54, 1.807) is 11.3 Å². The van der Waals surface area contributed by atoms with Crippen LogP contribution >= 0.6 is 11.3 Å². The summed E-state index contributed by atoms with van der Waals surface area (Å²) in [6, 6.07) is 4.01. The summed E-state index contributed by atoms with van der Waals surface area (Å²) in [5.74, 6) is 5.43. The minimum Gasteiger partial charge on any atom is -0.323 e. The topological polar surface area (TPSA) is 50.9 Å². The fraction of sp³-hybridized carbons (Fsp3) is 0.222. The van der Waals surface area contributed by atoms with Gasteiger partial charge in [0.2, 0.25) is 0 Å². The van der Waals surface area contributed by atoms with Gasteiger partial charge in [-0.25, -0.2) is 0 Å². The fourth-order valence-corrected chi connectivity index (χ4v) is 2.11. The quantitative estimate of drug-likeness (QED) is 0.567.